The van der Waals surface area contributed by atoms with E-state index in [2.05, 4.69) is 0 Å². The molecule has 0 saturated carbocycles. The normalized spacial score (nSPS) is 15.8. The van der Waals surface area contributed by atoms with Gasteiger partial charge in [0.25, 0.3) is 0 Å². The molecule has 138 valence electrons. The Morgan fingerprint density at radius 2 is 1.62 bits per heavy atom. The van der Waals surface area contributed by atoms with E-state index in [1.165, 1.54) is 0 Å². The highest BCUT2D eigenvalue weighted by atomic mass is 16.5. The van der Waals surface area contributed by atoms with E-state index in [1.54, 1.807) is 27.4 Å². The Hall–Kier alpha value is -2.69. The van der Waals surface area contributed by atoms with Gasteiger partial charge in [-0.1, -0.05) is 12.1 Å². The maximum Gasteiger partial charge on any atom is 0.203 e. The van der Waals surface area contributed by atoms with Crippen molar-refractivity contribution in [3.8, 4) is 23.0 Å². The molecule has 0 amide bonds. The molecule has 1 atom stereocenters. The van der Waals surface area contributed by atoms with Crippen molar-refractivity contribution < 1.29 is 23.7 Å². The maximum absolute atomic E-state index is 12.6. The molecule has 26 heavy (non-hydrogen) atoms. The molecule has 0 aromatic heterocycles. The Morgan fingerprint density at radius 1 is 0.962 bits per heavy atom. The molecule has 1 aliphatic carbocycles. The molecule has 5 heteroatoms. The average Bonchev–Trinajstić information content (AvgIpc) is 2.96. The zero-order valence-corrected chi connectivity index (χ0v) is 15.8. The first-order valence-corrected chi connectivity index (χ1v) is 8.62. The third-order valence-electron chi connectivity index (χ3n) is 4.56. The standard InChI is InChI=1S/C21H24O5/c1-12(2)26-14-8-6-13(7-9-14)15-10-17(22)16-11-18(23-3)20(24-4)21(25-5)19(15)16/h6-9,11-12,15H,10H2,1-5H3. The lowest BCUT2D eigenvalue weighted by Gasteiger charge is -2.19. The molecule has 0 radical (unpaired) electrons. The summed E-state index contributed by atoms with van der Waals surface area (Å²) in [7, 11) is 4.70. The third kappa shape index (κ3) is 3.09. The number of Topliss-reactive ketones (excluding diaryl/α,β-unsaturated/α-hetero) is 1. The maximum atomic E-state index is 12.6. The molecule has 1 aliphatic rings. The van der Waals surface area contributed by atoms with Crippen LogP contribution in [0.1, 0.15) is 47.7 Å². The Balaban J connectivity index is 2.07. The minimum absolute atomic E-state index is 0.0757. The number of hydrogen-bond acceptors (Lipinski definition) is 5. The molecule has 2 aromatic rings. The number of fused-ring (bicyclic) bond motifs is 1. The van der Waals surface area contributed by atoms with Crippen LogP contribution in [0.5, 0.6) is 23.0 Å². The lowest BCUT2D eigenvalue weighted by atomic mass is 9.92. The van der Waals surface area contributed by atoms with E-state index < -0.39 is 0 Å². The lowest BCUT2D eigenvalue weighted by Crippen LogP contribution is -2.06. The number of carbonyl (C=O) groups is 1. The van der Waals surface area contributed by atoms with Crippen LogP contribution in [0.3, 0.4) is 0 Å². The third-order valence-corrected chi connectivity index (χ3v) is 4.56. The molecule has 1 unspecified atom stereocenters. The minimum Gasteiger partial charge on any atom is -0.493 e. The number of hydrogen-bond donors (Lipinski definition) is 0. The quantitative estimate of drug-likeness (QED) is 0.776. The first-order chi connectivity index (χ1) is 12.5. The number of ketones is 1. The van der Waals surface area contributed by atoms with E-state index in [0.717, 1.165) is 16.9 Å². The topological polar surface area (TPSA) is 54.0 Å². The molecule has 0 N–H and O–H groups in total. The highest BCUT2D eigenvalue weighted by Crippen LogP contribution is 2.51. The summed E-state index contributed by atoms with van der Waals surface area (Å²) >= 11 is 0. The van der Waals surface area contributed by atoms with Crippen molar-refractivity contribution in [3.63, 3.8) is 0 Å². The largest absolute Gasteiger partial charge is 0.493 e. The van der Waals surface area contributed by atoms with Gasteiger partial charge in [0.1, 0.15) is 5.75 Å². The lowest BCUT2D eigenvalue weighted by molar-refractivity contribution is 0.0991. The summed E-state index contributed by atoms with van der Waals surface area (Å²) < 4.78 is 22.2. The second-order valence-electron chi connectivity index (χ2n) is 6.52. The van der Waals surface area contributed by atoms with Crippen molar-refractivity contribution in [2.24, 2.45) is 0 Å². The second-order valence-corrected chi connectivity index (χ2v) is 6.52. The second kappa shape index (κ2) is 7.28. The van der Waals surface area contributed by atoms with E-state index in [9.17, 15) is 4.79 Å². The fourth-order valence-electron chi connectivity index (χ4n) is 3.49. The van der Waals surface area contributed by atoms with Crippen LogP contribution in [-0.2, 0) is 0 Å². The summed E-state index contributed by atoms with van der Waals surface area (Å²) in [5.74, 6) is 2.37. The summed E-state index contributed by atoms with van der Waals surface area (Å²) in [5, 5.41) is 0. The molecule has 5 nitrogen and oxygen atoms in total. The summed E-state index contributed by atoms with van der Waals surface area (Å²) in [6.45, 7) is 3.98. The zero-order valence-electron chi connectivity index (χ0n) is 15.8. The van der Waals surface area contributed by atoms with Gasteiger partial charge in [0.15, 0.2) is 17.3 Å². The van der Waals surface area contributed by atoms with Gasteiger partial charge in [-0.15, -0.1) is 0 Å². The van der Waals surface area contributed by atoms with Gasteiger partial charge in [0.05, 0.1) is 27.4 Å². The average molecular weight is 356 g/mol. The molecule has 0 saturated heterocycles. The monoisotopic (exact) mass is 356 g/mol. The van der Waals surface area contributed by atoms with Crippen LogP contribution in [0, 0.1) is 0 Å². The van der Waals surface area contributed by atoms with E-state index in [4.69, 9.17) is 18.9 Å². The Labute approximate surface area is 153 Å². The van der Waals surface area contributed by atoms with Crippen molar-refractivity contribution in [2.45, 2.75) is 32.3 Å². The van der Waals surface area contributed by atoms with E-state index in [-0.39, 0.29) is 17.8 Å². The Morgan fingerprint density at radius 3 is 2.15 bits per heavy atom. The van der Waals surface area contributed by atoms with E-state index in [1.807, 2.05) is 38.1 Å². The van der Waals surface area contributed by atoms with Crippen molar-refractivity contribution in [2.75, 3.05) is 21.3 Å². The highest BCUT2D eigenvalue weighted by Gasteiger charge is 2.36. The first kappa shape index (κ1) is 18.1. The number of carbonyl (C=O) groups excluding carboxylic acids is 1. The van der Waals surface area contributed by atoms with Gasteiger partial charge >= 0.3 is 0 Å². The Bertz CT molecular complexity index is 808. The van der Waals surface area contributed by atoms with Crippen LogP contribution >= 0.6 is 0 Å². The molecule has 0 aliphatic heterocycles. The van der Waals surface area contributed by atoms with Crippen molar-refractivity contribution >= 4 is 5.78 Å². The van der Waals surface area contributed by atoms with Gasteiger partial charge < -0.3 is 18.9 Å². The zero-order chi connectivity index (χ0) is 18.8. The molecule has 3 rings (SSSR count). The van der Waals surface area contributed by atoms with Gasteiger partial charge in [-0.2, -0.15) is 0 Å². The number of rotatable bonds is 6. The predicted octanol–water partition coefficient (Wildman–Crippen LogP) is 4.22. The summed E-state index contributed by atoms with van der Waals surface area (Å²) in [5.41, 5.74) is 2.53. The molecule has 0 spiro atoms. The number of benzene rings is 2. The van der Waals surface area contributed by atoms with Crippen LogP contribution < -0.4 is 18.9 Å². The molecule has 0 bridgehead atoms. The van der Waals surface area contributed by atoms with Crippen molar-refractivity contribution in [3.05, 3.63) is 47.0 Å². The Kier molecular flexibility index (Phi) is 5.07. The van der Waals surface area contributed by atoms with Crippen LogP contribution in [0.2, 0.25) is 0 Å². The molecule has 0 heterocycles. The van der Waals surface area contributed by atoms with E-state index >= 15 is 0 Å². The fraction of sp³-hybridized carbons (Fsp3) is 0.381. The predicted molar refractivity (Wildman–Crippen MR) is 99.1 cm³/mol. The van der Waals surface area contributed by atoms with Crippen molar-refractivity contribution in [1.29, 1.82) is 0 Å². The first-order valence-electron chi connectivity index (χ1n) is 8.62. The minimum atomic E-state index is -0.0830. The van der Waals surface area contributed by atoms with E-state index in [0.29, 0.717) is 29.2 Å². The molecule has 2 aromatic carbocycles. The number of methoxy groups -OCH3 is 3. The fourth-order valence-corrected chi connectivity index (χ4v) is 3.49. The van der Waals surface area contributed by atoms with Gasteiger partial charge in [0.2, 0.25) is 5.75 Å². The highest BCUT2D eigenvalue weighted by molar-refractivity contribution is 6.03. The van der Waals surface area contributed by atoms with Gasteiger partial charge in [-0.05, 0) is 37.6 Å². The SMILES string of the molecule is COc1cc2c(c(OC)c1OC)C(c1ccc(OC(C)C)cc1)CC2=O. The summed E-state index contributed by atoms with van der Waals surface area (Å²) in [4.78, 5) is 12.6. The van der Waals surface area contributed by atoms with Crippen LogP contribution in [0.25, 0.3) is 0 Å². The number of ether oxygens (including phenoxy) is 4. The van der Waals surface area contributed by atoms with Crippen LogP contribution in [-0.4, -0.2) is 33.2 Å². The smallest absolute Gasteiger partial charge is 0.203 e. The molecular formula is C21H24O5. The molecular weight excluding hydrogens is 332 g/mol. The van der Waals surface area contributed by atoms with Crippen LogP contribution in [0.4, 0.5) is 0 Å². The van der Waals surface area contributed by atoms with Gasteiger partial charge in [-0.3, -0.25) is 4.79 Å². The van der Waals surface area contributed by atoms with Crippen molar-refractivity contribution in [1.82, 2.24) is 0 Å². The van der Waals surface area contributed by atoms with Crippen LogP contribution in [0.15, 0.2) is 30.3 Å². The summed E-state index contributed by atoms with van der Waals surface area (Å²) in [6, 6.07) is 9.62. The van der Waals surface area contributed by atoms with Gasteiger partial charge in [0, 0.05) is 23.5 Å². The summed E-state index contributed by atoms with van der Waals surface area (Å²) in [6.07, 6.45) is 0.512. The van der Waals surface area contributed by atoms with Gasteiger partial charge in [-0.25, -0.2) is 0 Å². The molecule has 0 fully saturated rings.